The minimum Gasteiger partial charge on any atom is -0.383 e. The number of aromatic amines is 1. The van der Waals surface area contributed by atoms with Crippen molar-refractivity contribution in [1.29, 1.82) is 0 Å². The summed E-state index contributed by atoms with van der Waals surface area (Å²) >= 11 is 0. The summed E-state index contributed by atoms with van der Waals surface area (Å²) in [5.41, 5.74) is 5.05. The monoisotopic (exact) mass is 378 g/mol. The van der Waals surface area contributed by atoms with Crippen molar-refractivity contribution in [2.75, 3.05) is 30.9 Å². The van der Waals surface area contributed by atoms with Crippen molar-refractivity contribution >= 4 is 17.4 Å². The molecule has 0 spiro atoms. The Hall–Kier alpha value is -2.09. The topological polar surface area (TPSA) is 110 Å². The Kier molecular flexibility index (Phi) is 6.04. The molecule has 150 valence electrons. The molecule has 2 saturated carbocycles. The van der Waals surface area contributed by atoms with Gasteiger partial charge >= 0.3 is 5.69 Å². The number of aromatic nitrogens is 2. The summed E-state index contributed by atoms with van der Waals surface area (Å²) < 4.78 is 6.45. The highest BCUT2D eigenvalue weighted by atomic mass is 16.5. The van der Waals surface area contributed by atoms with Crippen LogP contribution in [-0.4, -0.2) is 35.7 Å². The van der Waals surface area contributed by atoms with Crippen LogP contribution in [0, 0.1) is 17.8 Å². The van der Waals surface area contributed by atoms with Crippen LogP contribution in [0.15, 0.2) is 9.59 Å². The molecule has 3 rings (SSSR count). The number of hydrogen-bond acceptors (Lipinski definition) is 5. The van der Waals surface area contributed by atoms with Gasteiger partial charge in [-0.15, -0.1) is 0 Å². The summed E-state index contributed by atoms with van der Waals surface area (Å²) in [6, 6.07) is 0. The molecule has 1 amide bonds. The minimum atomic E-state index is -0.623. The quantitative estimate of drug-likeness (QED) is 0.709. The highest BCUT2D eigenvalue weighted by Gasteiger charge is 2.41. The summed E-state index contributed by atoms with van der Waals surface area (Å²) in [6.07, 6.45) is 5.89. The Morgan fingerprint density at radius 2 is 2.11 bits per heavy atom. The molecular formula is C19H30N4O4. The number of nitrogens with one attached hydrogen (secondary N) is 1. The van der Waals surface area contributed by atoms with E-state index in [0.29, 0.717) is 31.2 Å². The molecule has 0 saturated heterocycles. The van der Waals surface area contributed by atoms with E-state index in [4.69, 9.17) is 10.5 Å². The van der Waals surface area contributed by atoms with Gasteiger partial charge < -0.3 is 15.4 Å². The first kappa shape index (κ1) is 19.7. The number of fused-ring (bicyclic) bond motifs is 2. The van der Waals surface area contributed by atoms with Gasteiger partial charge in [-0.25, -0.2) is 4.79 Å². The maximum absolute atomic E-state index is 13.1. The molecule has 2 bridgehead atoms. The highest BCUT2D eigenvalue weighted by molar-refractivity contribution is 5.95. The van der Waals surface area contributed by atoms with Crippen LogP contribution in [0.4, 0.5) is 11.5 Å². The Labute approximate surface area is 158 Å². The molecule has 2 aliphatic carbocycles. The van der Waals surface area contributed by atoms with Crippen LogP contribution >= 0.6 is 0 Å². The number of carbonyl (C=O) groups excluding carboxylic acids is 1. The van der Waals surface area contributed by atoms with Gasteiger partial charge in [0.25, 0.3) is 5.56 Å². The molecule has 0 aliphatic heterocycles. The van der Waals surface area contributed by atoms with Crippen LogP contribution in [0.2, 0.25) is 0 Å². The van der Waals surface area contributed by atoms with E-state index in [0.717, 1.165) is 12.3 Å². The number of nitrogens with two attached hydrogens (primary N) is 1. The van der Waals surface area contributed by atoms with E-state index in [2.05, 4.69) is 4.98 Å². The number of rotatable bonds is 8. The zero-order valence-corrected chi connectivity index (χ0v) is 16.2. The maximum Gasteiger partial charge on any atom is 0.330 e. The van der Waals surface area contributed by atoms with Crippen molar-refractivity contribution in [1.82, 2.24) is 9.55 Å². The average molecular weight is 378 g/mol. The van der Waals surface area contributed by atoms with Gasteiger partial charge in [0.05, 0.1) is 6.61 Å². The zero-order chi connectivity index (χ0) is 19.6. The fourth-order valence-electron chi connectivity index (χ4n) is 4.79. The van der Waals surface area contributed by atoms with Gasteiger partial charge in [0.15, 0.2) is 5.69 Å². The third kappa shape index (κ3) is 3.95. The van der Waals surface area contributed by atoms with Gasteiger partial charge in [0.2, 0.25) is 5.91 Å². The molecule has 1 heterocycles. The Morgan fingerprint density at radius 1 is 1.33 bits per heavy atom. The number of ether oxygens (including phenoxy) is 1. The fraction of sp³-hybridized carbons (Fsp3) is 0.737. The van der Waals surface area contributed by atoms with E-state index >= 15 is 0 Å². The first-order valence-electron chi connectivity index (χ1n) is 9.88. The van der Waals surface area contributed by atoms with Crippen LogP contribution < -0.4 is 21.9 Å². The molecular weight excluding hydrogens is 348 g/mol. The maximum atomic E-state index is 13.1. The summed E-state index contributed by atoms with van der Waals surface area (Å²) in [5, 5.41) is 0. The molecule has 0 aromatic carbocycles. The van der Waals surface area contributed by atoms with Crippen LogP contribution in [0.1, 0.15) is 45.4 Å². The van der Waals surface area contributed by atoms with Crippen molar-refractivity contribution < 1.29 is 9.53 Å². The molecule has 2 aliphatic rings. The first-order valence-corrected chi connectivity index (χ1v) is 9.88. The number of nitrogens with zero attached hydrogens (tertiary/aromatic N) is 2. The van der Waals surface area contributed by atoms with Crippen molar-refractivity contribution in [3.05, 3.63) is 20.8 Å². The summed E-state index contributed by atoms with van der Waals surface area (Å²) in [4.78, 5) is 41.4. The number of anilines is 2. The Balaban J connectivity index is 1.90. The van der Waals surface area contributed by atoms with Crippen molar-refractivity contribution in [2.45, 2.75) is 52.0 Å². The molecule has 0 unspecified atom stereocenters. The van der Waals surface area contributed by atoms with E-state index in [-0.39, 0.29) is 30.6 Å². The van der Waals surface area contributed by atoms with Gasteiger partial charge in [0.1, 0.15) is 5.82 Å². The number of H-pyrrole nitrogens is 1. The van der Waals surface area contributed by atoms with Crippen molar-refractivity contribution in [2.24, 2.45) is 17.8 Å². The van der Waals surface area contributed by atoms with E-state index in [1.54, 1.807) is 7.11 Å². The lowest BCUT2D eigenvalue weighted by Crippen LogP contribution is -2.43. The number of carbonyl (C=O) groups is 1. The summed E-state index contributed by atoms with van der Waals surface area (Å²) in [5.74, 6) is 1.67. The third-order valence-electron chi connectivity index (χ3n) is 6.07. The molecule has 27 heavy (non-hydrogen) atoms. The lowest BCUT2D eigenvalue weighted by atomic mass is 9.86. The second kappa shape index (κ2) is 8.29. The zero-order valence-electron chi connectivity index (χ0n) is 16.2. The second-order valence-electron chi connectivity index (χ2n) is 7.82. The molecule has 3 atom stereocenters. The molecule has 8 heteroatoms. The van der Waals surface area contributed by atoms with Gasteiger partial charge in [-0.1, -0.05) is 13.3 Å². The van der Waals surface area contributed by atoms with Crippen molar-refractivity contribution in [3.8, 4) is 0 Å². The van der Waals surface area contributed by atoms with Crippen LogP contribution in [0.25, 0.3) is 0 Å². The molecule has 0 radical (unpaired) electrons. The largest absolute Gasteiger partial charge is 0.383 e. The predicted octanol–water partition coefficient (Wildman–Crippen LogP) is 1.33. The number of methoxy groups -OCH3 is 1. The number of hydrogen-bond donors (Lipinski definition) is 2. The van der Waals surface area contributed by atoms with Gasteiger partial charge in [-0.05, 0) is 43.4 Å². The normalized spacial score (nSPS) is 23.7. The molecule has 1 aromatic rings. The van der Waals surface area contributed by atoms with Gasteiger partial charge in [0, 0.05) is 26.6 Å². The van der Waals surface area contributed by atoms with Crippen molar-refractivity contribution in [3.63, 3.8) is 0 Å². The van der Waals surface area contributed by atoms with Crippen LogP contribution in [0.3, 0.4) is 0 Å². The summed E-state index contributed by atoms with van der Waals surface area (Å²) in [7, 11) is 1.55. The van der Waals surface area contributed by atoms with E-state index in [1.807, 2.05) is 6.92 Å². The first-order chi connectivity index (χ1) is 13.0. The summed E-state index contributed by atoms with van der Waals surface area (Å²) in [6.45, 7) is 2.81. The lowest BCUT2D eigenvalue weighted by Gasteiger charge is -2.27. The smallest absolute Gasteiger partial charge is 0.330 e. The van der Waals surface area contributed by atoms with E-state index < -0.39 is 11.2 Å². The standard InChI is InChI=1S/C19H30N4O4/c1-3-6-23-17(20)16(18(25)21-19(23)26)22(7-8-27-2)15(24)11-14-10-12-4-5-13(14)9-12/h12-14H,3-11,20H2,1-2H3,(H,21,25,26)/t12-,13+,14-/m0/s1. The van der Waals surface area contributed by atoms with E-state index in [9.17, 15) is 14.4 Å². The fourth-order valence-corrected chi connectivity index (χ4v) is 4.79. The Bertz CT molecular complexity index is 800. The van der Waals surface area contributed by atoms with Crippen LogP contribution in [-0.2, 0) is 16.1 Å². The Morgan fingerprint density at radius 3 is 2.70 bits per heavy atom. The predicted molar refractivity (Wildman–Crippen MR) is 104 cm³/mol. The minimum absolute atomic E-state index is 0.0444. The average Bonchev–Trinajstić information content (AvgIpc) is 3.24. The molecule has 1 aromatic heterocycles. The molecule has 8 nitrogen and oxygen atoms in total. The highest BCUT2D eigenvalue weighted by Crippen LogP contribution is 2.49. The van der Waals surface area contributed by atoms with Crippen LogP contribution in [0.5, 0.6) is 0 Å². The number of nitrogen functional groups attached to an aromatic ring is 1. The second-order valence-corrected chi connectivity index (χ2v) is 7.82. The lowest BCUT2D eigenvalue weighted by molar-refractivity contribution is -0.120. The third-order valence-corrected chi connectivity index (χ3v) is 6.07. The molecule has 3 N–H and O–H groups in total. The van der Waals surface area contributed by atoms with Gasteiger partial charge in [-0.3, -0.25) is 19.1 Å². The molecule has 2 fully saturated rings. The SMILES string of the molecule is CCCn1c(N)c(N(CCOC)C(=O)C[C@@H]2C[C@H]3CC[C@@H]2C3)c(=O)[nH]c1=O. The van der Waals surface area contributed by atoms with Gasteiger partial charge in [-0.2, -0.15) is 0 Å². The number of amides is 1. The van der Waals surface area contributed by atoms with E-state index in [1.165, 1.54) is 28.7 Å².